The first kappa shape index (κ1) is 8.38. The van der Waals surface area contributed by atoms with Crippen LogP contribution in [-0.4, -0.2) is 12.8 Å². The van der Waals surface area contributed by atoms with Crippen LogP contribution in [0.1, 0.15) is 6.92 Å². The maximum Gasteiger partial charge on any atom is 0.146 e. The molecule has 0 fully saturated rings. The summed E-state index contributed by atoms with van der Waals surface area (Å²) in [5.74, 6) is 0. The second-order valence-corrected chi connectivity index (χ2v) is 6.98. The Bertz CT molecular complexity index is 58.4. The van der Waals surface area contributed by atoms with Crippen molar-refractivity contribution < 1.29 is 5.11 Å². The van der Waals surface area contributed by atoms with Crippen LogP contribution >= 0.6 is 45.2 Å². The second-order valence-electron chi connectivity index (χ2n) is 1.35. The van der Waals surface area contributed by atoms with Gasteiger partial charge in [0.25, 0.3) is 0 Å². The third kappa shape index (κ3) is 3.92. The van der Waals surface area contributed by atoms with Gasteiger partial charge in [-0.2, -0.15) is 0 Å². The van der Waals surface area contributed by atoms with Gasteiger partial charge < -0.3 is 10.8 Å². The molecule has 0 heterocycles. The molecule has 4 heteroatoms. The van der Waals surface area contributed by atoms with E-state index in [4.69, 9.17) is 10.8 Å². The second kappa shape index (κ2) is 2.79. The molecule has 0 aliphatic carbocycles. The highest BCUT2D eigenvalue weighted by atomic mass is 127. The zero-order chi connectivity index (χ0) is 6.08. The molecule has 0 radical (unpaired) electrons. The van der Waals surface area contributed by atoms with Crippen LogP contribution in [0.3, 0.4) is 0 Å². The minimum atomic E-state index is -0.504. The van der Waals surface area contributed by atoms with E-state index in [0.717, 1.165) is 0 Å². The summed E-state index contributed by atoms with van der Waals surface area (Å²) in [5, 5.41) is 8.75. The third-order valence-electron chi connectivity index (χ3n) is 0.557. The van der Waals surface area contributed by atoms with Crippen LogP contribution in [0.2, 0.25) is 0 Å². The van der Waals surface area contributed by atoms with Crippen LogP contribution in [0.4, 0.5) is 0 Å². The van der Waals surface area contributed by atoms with E-state index in [9.17, 15) is 0 Å². The molecule has 0 spiro atoms. The number of rotatable bonds is 1. The Hall–Kier alpha value is 1.38. The van der Waals surface area contributed by atoms with Gasteiger partial charge in [0.1, 0.15) is 1.55 Å². The van der Waals surface area contributed by atoms with Gasteiger partial charge in [0.05, 0.1) is 6.10 Å². The van der Waals surface area contributed by atoms with Gasteiger partial charge in [-0.05, 0) is 52.1 Å². The molecule has 0 aliphatic rings. The summed E-state index contributed by atoms with van der Waals surface area (Å²) in [5.41, 5.74) is 5.40. The zero-order valence-electron chi connectivity index (χ0n) is 3.86. The Morgan fingerprint density at radius 3 is 1.86 bits per heavy atom. The Kier molecular flexibility index (Phi) is 3.34. The lowest BCUT2D eigenvalue weighted by molar-refractivity contribution is 0.193. The highest BCUT2D eigenvalue weighted by Gasteiger charge is 2.21. The fourth-order valence-electron chi connectivity index (χ4n) is 0. The first-order chi connectivity index (χ1) is 2.94. The number of alkyl halides is 2. The number of nitrogens with two attached hydrogens (primary N) is 1. The molecule has 2 nitrogen and oxygen atoms in total. The van der Waals surface area contributed by atoms with E-state index in [1.165, 1.54) is 0 Å². The van der Waals surface area contributed by atoms with Gasteiger partial charge in [0.2, 0.25) is 0 Å². The van der Waals surface area contributed by atoms with Crippen LogP contribution in [0, 0.1) is 0 Å². The topological polar surface area (TPSA) is 46.2 Å². The fraction of sp³-hybridized carbons (Fsp3) is 1.00. The predicted molar refractivity (Wildman–Crippen MR) is 46.6 cm³/mol. The monoisotopic (exact) mass is 327 g/mol. The Labute approximate surface area is 70.1 Å². The Morgan fingerprint density at radius 1 is 1.71 bits per heavy atom. The Balaban J connectivity index is 3.54. The van der Waals surface area contributed by atoms with Gasteiger partial charge in [0.15, 0.2) is 0 Å². The maximum atomic E-state index is 8.75. The van der Waals surface area contributed by atoms with Crippen molar-refractivity contribution in [1.82, 2.24) is 0 Å². The lowest BCUT2D eigenvalue weighted by Crippen LogP contribution is -2.36. The molecule has 44 valence electrons. The first-order valence-corrected chi connectivity index (χ1v) is 3.95. The van der Waals surface area contributed by atoms with Crippen molar-refractivity contribution in [3.63, 3.8) is 0 Å². The van der Waals surface area contributed by atoms with E-state index < -0.39 is 7.66 Å². The molecular weight excluding hydrogens is 320 g/mol. The summed E-state index contributed by atoms with van der Waals surface area (Å²) in [6.07, 6.45) is -0.450. The van der Waals surface area contributed by atoms with Gasteiger partial charge in [-0.25, -0.2) is 0 Å². The van der Waals surface area contributed by atoms with Crippen molar-refractivity contribution >= 4 is 45.2 Å². The van der Waals surface area contributed by atoms with Crippen molar-refractivity contribution in [3.8, 4) is 0 Å². The van der Waals surface area contributed by atoms with Crippen LogP contribution in [0.25, 0.3) is 0 Å². The van der Waals surface area contributed by atoms with Gasteiger partial charge in [-0.15, -0.1) is 0 Å². The van der Waals surface area contributed by atoms with Crippen molar-refractivity contribution in [2.45, 2.75) is 14.6 Å². The molecule has 0 aromatic rings. The molecule has 0 aromatic carbocycles. The summed E-state index contributed by atoms with van der Waals surface area (Å²) >= 11 is 3.96. The maximum absolute atomic E-state index is 8.75. The Morgan fingerprint density at radius 2 is 1.86 bits per heavy atom. The van der Waals surface area contributed by atoms with E-state index in [0.29, 0.717) is 0 Å². The lowest BCUT2D eigenvalue weighted by atomic mass is 10.4. The molecule has 0 saturated carbocycles. The van der Waals surface area contributed by atoms with Gasteiger partial charge in [-0.1, -0.05) is 0 Å². The highest BCUT2D eigenvalue weighted by molar-refractivity contribution is 14.2. The minimum Gasteiger partial charge on any atom is -0.390 e. The summed E-state index contributed by atoms with van der Waals surface area (Å²) in [7, 11) is 0. The number of aliphatic hydroxyl groups excluding tert-OH is 1. The molecule has 0 rings (SSSR count). The summed E-state index contributed by atoms with van der Waals surface area (Å²) in [6.45, 7) is 1.67. The van der Waals surface area contributed by atoms with Crippen LogP contribution in [-0.2, 0) is 0 Å². The van der Waals surface area contributed by atoms with E-state index in [1.54, 1.807) is 6.92 Å². The van der Waals surface area contributed by atoms with Gasteiger partial charge in [0, 0.05) is 0 Å². The summed E-state index contributed by atoms with van der Waals surface area (Å²) < 4.78 is -0.504. The molecule has 0 saturated heterocycles. The highest BCUT2D eigenvalue weighted by Crippen LogP contribution is 2.23. The quantitative estimate of drug-likeness (QED) is 0.426. The van der Waals surface area contributed by atoms with Crippen molar-refractivity contribution in [3.05, 3.63) is 0 Å². The molecule has 3 N–H and O–H groups in total. The molecule has 0 amide bonds. The van der Waals surface area contributed by atoms with E-state index in [2.05, 4.69) is 0 Å². The zero-order valence-corrected chi connectivity index (χ0v) is 8.17. The molecular formula is C3H7I2NO. The van der Waals surface area contributed by atoms with Gasteiger partial charge in [-0.3, -0.25) is 0 Å². The lowest BCUT2D eigenvalue weighted by Gasteiger charge is -2.16. The SMILES string of the molecule is CC(O)C(N)(I)I. The number of halogens is 2. The van der Waals surface area contributed by atoms with Crippen molar-refractivity contribution in [2.75, 3.05) is 0 Å². The van der Waals surface area contributed by atoms with Crippen LogP contribution < -0.4 is 5.73 Å². The number of aliphatic hydroxyl groups is 1. The summed E-state index contributed by atoms with van der Waals surface area (Å²) in [4.78, 5) is 0. The smallest absolute Gasteiger partial charge is 0.146 e. The van der Waals surface area contributed by atoms with Gasteiger partial charge >= 0.3 is 0 Å². The fourth-order valence-corrected chi connectivity index (χ4v) is 0. The molecule has 0 bridgehead atoms. The minimum absolute atomic E-state index is 0.450. The predicted octanol–water partition coefficient (Wildman–Crippen LogP) is 0.850. The van der Waals surface area contributed by atoms with Crippen molar-refractivity contribution in [1.29, 1.82) is 0 Å². The van der Waals surface area contributed by atoms with E-state index in [-0.39, 0.29) is 0 Å². The molecule has 0 aliphatic heterocycles. The average Bonchev–Trinajstić information content (AvgIpc) is 1.31. The van der Waals surface area contributed by atoms with Crippen molar-refractivity contribution in [2.24, 2.45) is 5.73 Å². The standard InChI is InChI=1S/C3H7I2NO/c1-2(7)3(4,5)6/h2,7H,6H2,1H3. The number of hydrogen-bond acceptors (Lipinski definition) is 2. The van der Waals surface area contributed by atoms with Crippen LogP contribution in [0.5, 0.6) is 0 Å². The largest absolute Gasteiger partial charge is 0.390 e. The van der Waals surface area contributed by atoms with E-state index in [1.807, 2.05) is 45.2 Å². The molecule has 0 aromatic heterocycles. The molecule has 1 atom stereocenters. The average molecular weight is 327 g/mol. The van der Waals surface area contributed by atoms with Crippen LogP contribution in [0.15, 0.2) is 0 Å². The molecule has 1 unspecified atom stereocenters. The molecule has 7 heavy (non-hydrogen) atoms. The first-order valence-electron chi connectivity index (χ1n) is 1.79. The summed E-state index contributed by atoms with van der Waals surface area (Å²) in [6, 6.07) is 0. The third-order valence-corrected chi connectivity index (χ3v) is 2.36. The number of hydrogen-bond donors (Lipinski definition) is 2. The van der Waals surface area contributed by atoms with E-state index >= 15 is 0 Å². The normalized spacial score (nSPS) is 16.7.